The number of rotatable bonds is 5. The van der Waals surface area contributed by atoms with Gasteiger partial charge in [0.05, 0.1) is 0 Å². The molecule has 108 valence electrons. The molecule has 1 aromatic carbocycles. The van der Waals surface area contributed by atoms with E-state index in [1.807, 2.05) is 24.3 Å². The summed E-state index contributed by atoms with van der Waals surface area (Å²) >= 11 is 0. The number of benzene rings is 1. The average Bonchev–Trinajstić information content (AvgIpc) is 2.53. The summed E-state index contributed by atoms with van der Waals surface area (Å²) in [4.78, 5) is 26.1. The molecule has 0 bridgehead atoms. The van der Waals surface area contributed by atoms with Crippen LogP contribution < -0.4 is 4.74 Å². The van der Waals surface area contributed by atoms with Gasteiger partial charge in [-0.3, -0.25) is 9.59 Å². The van der Waals surface area contributed by atoms with Crippen molar-refractivity contribution in [2.45, 2.75) is 13.3 Å². The predicted octanol–water partition coefficient (Wildman–Crippen LogP) is 0.928. The highest BCUT2D eigenvalue weighted by Gasteiger charge is 2.20. The van der Waals surface area contributed by atoms with E-state index in [9.17, 15) is 9.59 Å². The van der Waals surface area contributed by atoms with E-state index >= 15 is 0 Å². The molecule has 1 aliphatic heterocycles. The largest absolute Gasteiger partial charge is 0.483 e. The summed E-state index contributed by atoms with van der Waals surface area (Å²) < 4.78 is 5.62. The van der Waals surface area contributed by atoms with Gasteiger partial charge >= 0.3 is 0 Å². The lowest BCUT2D eigenvalue weighted by molar-refractivity contribution is -0.137. The van der Waals surface area contributed by atoms with Crippen LogP contribution >= 0.6 is 0 Å². The molecule has 0 saturated carbocycles. The number of hydrogen-bond acceptors (Lipinski definition) is 3. The van der Waals surface area contributed by atoms with Crippen LogP contribution in [0.15, 0.2) is 24.3 Å². The maximum Gasteiger partial charge on any atom is 0.260 e. The van der Waals surface area contributed by atoms with Crippen molar-refractivity contribution in [3.05, 3.63) is 29.8 Å². The zero-order valence-corrected chi connectivity index (χ0v) is 11.7. The third-order valence-electron chi connectivity index (χ3n) is 3.52. The first kappa shape index (κ1) is 14.4. The van der Waals surface area contributed by atoms with Crippen molar-refractivity contribution in [2.24, 2.45) is 0 Å². The number of ether oxygens (including phenoxy) is 1. The minimum atomic E-state index is -0.0264. The molecule has 0 unspecified atom stereocenters. The summed E-state index contributed by atoms with van der Waals surface area (Å²) in [6.07, 6.45) is 1.71. The molecule has 0 N–H and O–H groups in total. The van der Waals surface area contributed by atoms with Crippen LogP contribution in [-0.4, -0.2) is 54.9 Å². The quantitative estimate of drug-likeness (QED) is 0.752. The van der Waals surface area contributed by atoms with E-state index in [4.69, 9.17) is 4.74 Å². The van der Waals surface area contributed by atoms with E-state index in [0.717, 1.165) is 24.1 Å². The normalized spacial score (nSPS) is 15.1. The fourth-order valence-corrected chi connectivity index (χ4v) is 2.24. The van der Waals surface area contributed by atoms with Gasteiger partial charge < -0.3 is 14.5 Å². The summed E-state index contributed by atoms with van der Waals surface area (Å²) in [6.45, 7) is 4.47. The van der Waals surface area contributed by atoms with Crippen molar-refractivity contribution >= 4 is 12.3 Å². The average molecular weight is 276 g/mol. The van der Waals surface area contributed by atoms with Gasteiger partial charge in [0, 0.05) is 26.2 Å². The highest BCUT2D eigenvalue weighted by molar-refractivity contribution is 5.78. The second-order valence-corrected chi connectivity index (χ2v) is 4.77. The van der Waals surface area contributed by atoms with Gasteiger partial charge in [0.15, 0.2) is 6.61 Å². The highest BCUT2D eigenvalue weighted by atomic mass is 16.5. The molecule has 20 heavy (non-hydrogen) atoms. The van der Waals surface area contributed by atoms with Crippen molar-refractivity contribution in [3.63, 3.8) is 0 Å². The zero-order valence-electron chi connectivity index (χ0n) is 11.7. The second kappa shape index (κ2) is 6.93. The number of carbonyl (C=O) groups is 2. The van der Waals surface area contributed by atoms with E-state index in [2.05, 4.69) is 6.92 Å². The van der Waals surface area contributed by atoms with Crippen LogP contribution in [0.25, 0.3) is 0 Å². The molecule has 1 saturated heterocycles. The topological polar surface area (TPSA) is 49.9 Å². The molecule has 1 aromatic rings. The molecule has 1 fully saturated rings. The van der Waals surface area contributed by atoms with Gasteiger partial charge in [-0.1, -0.05) is 25.1 Å². The van der Waals surface area contributed by atoms with Gasteiger partial charge in [-0.05, 0) is 18.1 Å². The van der Waals surface area contributed by atoms with Crippen molar-refractivity contribution in [1.29, 1.82) is 0 Å². The van der Waals surface area contributed by atoms with Crippen LogP contribution in [0.2, 0.25) is 0 Å². The summed E-state index contributed by atoms with van der Waals surface area (Å²) in [7, 11) is 0. The number of hydrogen-bond donors (Lipinski definition) is 0. The van der Waals surface area contributed by atoms with E-state index in [-0.39, 0.29) is 12.5 Å². The van der Waals surface area contributed by atoms with Gasteiger partial charge in [0.25, 0.3) is 5.91 Å². The molecule has 5 nitrogen and oxygen atoms in total. The third-order valence-corrected chi connectivity index (χ3v) is 3.52. The number of carbonyl (C=O) groups excluding carboxylic acids is 2. The van der Waals surface area contributed by atoms with Gasteiger partial charge in [0.1, 0.15) is 5.75 Å². The van der Waals surface area contributed by atoms with Gasteiger partial charge in [-0.2, -0.15) is 0 Å². The van der Waals surface area contributed by atoms with E-state index in [0.29, 0.717) is 26.2 Å². The third kappa shape index (κ3) is 3.50. The second-order valence-electron chi connectivity index (χ2n) is 4.77. The summed E-state index contributed by atoms with van der Waals surface area (Å²) in [5.41, 5.74) is 1.10. The molecule has 0 radical (unpaired) electrons. The molecule has 0 aliphatic carbocycles. The van der Waals surface area contributed by atoms with Gasteiger partial charge in [0.2, 0.25) is 6.41 Å². The fourth-order valence-electron chi connectivity index (χ4n) is 2.24. The zero-order chi connectivity index (χ0) is 14.4. The Hall–Kier alpha value is -2.04. The first-order valence-corrected chi connectivity index (χ1v) is 6.92. The summed E-state index contributed by atoms with van der Waals surface area (Å²) in [6, 6.07) is 7.76. The Labute approximate surface area is 119 Å². The molecule has 1 aliphatic rings. The number of para-hydroxylation sites is 1. The van der Waals surface area contributed by atoms with Crippen LogP contribution in [0.5, 0.6) is 5.75 Å². The lowest BCUT2D eigenvalue weighted by Crippen LogP contribution is -2.49. The van der Waals surface area contributed by atoms with Crippen molar-refractivity contribution in [3.8, 4) is 5.75 Å². The van der Waals surface area contributed by atoms with E-state index in [1.54, 1.807) is 9.80 Å². The summed E-state index contributed by atoms with van der Waals surface area (Å²) in [5.74, 6) is 0.747. The fraction of sp³-hybridized carbons (Fsp3) is 0.467. The van der Waals surface area contributed by atoms with Crippen LogP contribution in [0, 0.1) is 0 Å². The Kier molecular flexibility index (Phi) is 4.98. The number of nitrogens with zero attached hydrogens (tertiary/aromatic N) is 2. The Bertz CT molecular complexity index is 468. The minimum absolute atomic E-state index is 0.0264. The predicted molar refractivity (Wildman–Crippen MR) is 75.5 cm³/mol. The standard InChI is InChI=1S/C15H20N2O3/c1-2-13-5-3-4-6-14(13)20-11-15(19)17-9-7-16(12-18)8-10-17/h3-6,12H,2,7-11H2,1H3. The number of amides is 2. The first-order valence-electron chi connectivity index (χ1n) is 6.92. The highest BCUT2D eigenvalue weighted by Crippen LogP contribution is 2.18. The maximum absolute atomic E-state index is 12.1. The molecule has 1 heterocycles. The first-order chi connectivity index (χ1) is 9.74. The van der Waals surface area contributed by atoms with Crippen LogP contribution in [0.3, 0.4) is 0 Å². The molecule has 2 rings (SSSR count). The molecule has 5 heteroatoms. The van der Waals surface area contributed by atoms with Gasteiger partial charge in [-0.25, -0.2) is 0 Å². The molecule has 2 amide bonds. The van der Waals surface area contributed by atoms with Crippen LogP contribution in [-0.2, 0) is 16.0 Å². The van der Waals surface area contributed by atoms with Crippen molar-refractivity contribution < 1.29 is 14.3 Å². The van der Waals surface area contributed by atoms with Crippen LogP contribution in [0.4, 0.5) is 0 Å². The van der Waals surface area contributed by atoms with E-state index < -0.39 is 0 Å². The van der Waals surface area contributed by atoms with Crippen molar-refractivity contribution in [2.75, 3.05) is 32.8 Å². The molecule has 0 aromatic heterocycles. The molecule has 0 atom stereocenters. The summed E-state index contributed by atoms with van der Waals surface area (Å²) in [5, 5.41) is 0. The van der Waals surface area contributed by atoms with Crippen molar-refractivity contribution in [1.82, 2.24) is 9.80 Å². The molecular formula is C15H20N2O3. The minimum Gasteiger partial charge on any atom is -0.483 e. The SMILES string of the molecule is CCc1ccccc1OCC(=O)N1CCN(C=O)CC1. The molecular weight excluding hydrogens is 256 g/mol. The smallest absolute Gasteiger partial charge is 0.260 e. The molecule has 0 spiro atoms. The lowest BCUT2D eigenvalue weighted by atomic mass is 10.1. The number of piperazine rings is 1. The van der Waals surface area contributed by atoms with Crippen LogP contribution in [0.1, 0.15) is 12.5 Å². The lowest BCUT2D eigenvalue weighted by Gasteiger charge is -2.32. The van der Waals surface area contributed by atoms with Gasteiger partial charge in [-0.15, -0.1) is 0 Å². The Morgan fingerprint density at radius 1 is 1.25 bits per heavy atom. The maximum atomic E-state index is 12.1. The Balaban J connectivity index is 1.85. The monoisotopic (exact) mass is 276 g/mol. The van der Waals surface area contributed by atoms with E-state index in [1.165, 1.54) is 0 Å². The Morgan fingerprint density at radius 2 is 1.95 bits per heavy atom. The number of aryl methyl sites for hydroxylation is 1. The Morgan fingerprint density at radius 3 is 2.60 bits per heavy atom.